The smallest absolute Gasteiger partial charge is 0.222 e. The fourth-order valence-electron chi connectivity index (χ4n) is 2.55. The minimum Gasteiger partial charge on any atom is -0.341 e. The van der Waals surface area contributed by atoms with Gasteiger partial charge in [0.25, 0.3) is 0 Å². The highest BCUT2D eigenvalue weighted by atomic mass is 79.9. The molecule has 2 rings (SSSR count). The molecule has 0 heterocycles. The lowest BCUT2D eigenvalue weighted by Gasteiger charge is -2.17. The van der Waals surface area contributed by atoms with Gasteiger partial charge in [0.05, 0.1) is 11.6 Å². The minimum atomic E-state index is 0.146. The standard InChI is InChI=1S/C20H21BrN2O/c1-23(15-18-7-4-6-17(13-18)14-22)20(24)8-3-2-5-16-9-11-19(21)12-10-16/h4,6-7,9-13H,2-3,5,8,15H2,1H3. The molecule has 0 spiro atoms. The van der Waals surface area contributed by atoms with Crippen LogP contribution in [0.2, 0.25) is 0 Å². The van der Waals surface area contributed by atoms with E-state index in [1.807, 2.05) is 37.4 Å². The van der Waals surface area contributed by atoms with Crippen molar-refractivity contribution >= 4 is 21.8 Å². The molecule has 0 atom stereocenters. The Labute approximate surface area is 152 Å². The highest BCUT2D eigenvalue weighted by molar-refractivity contribution is 9.10. The van der Waals surface area contributed by atoms with Gasteiger partial charge < -0.3 is 4.90 Å². The van der Waals surface area contributed by atoms with Crippen molar-refractivity contribution in [3.63, 3.8) is 0 Å². The van der Waals surface area contributed by atoms with Crippen LogP contribution in [0.1, 0.15) is 36.0 Å². The van der Waals surface area contributed by atoms with Gasteiger partial charge in [-0.05, 0) is 54.7 Å². The first-order chi connectivity index (χ1) is 11.6. The van der Waals surface area contributed by atoms with E-state index in [0.717, 1.165) is 29.3 Å². The molecule has 0 aliphatic heterocycles. The Kier molecular flexibility index (Phi) is 7.02. The summed E-state index contributed by atoms with van der Waals surface area (Å²) in [5, 5.41) is 8.92. The Bertz CT molecular complexity index is 719. The summed E-state index contributed by atoms with van der Waals surface area (Å²) in [6, 6.07) is 17.8. The summed E-state index contributed by atoms with van der Waals surface area (Å²) in [6.45, 7) is 0.543. The average molecular weight is 385 g/mol. The normalized spacial score (nSPS) is 10.2. The number of benzene rings is 2. The summed E-state index contributed by atoms with van der Waals surface area (Å²) in [6.07, 6.45) is 3.45. The maximum absolute atomic E-state index is 12.2. The molecule has 0 aromatic heterocycles. The van der Waals surface area contributed by atoms with Gasteiger partial charge in [0.1, 0.15) is 0 Å². The quantitative estimate of drug-likeness (QED) is 0.649. The molecule has 0 N–H and O–H groups in total. The Morgan fingerprint density at radius 2 is 1.88 bits per heavy atom. The fourth-order valence-corrected chi connectivity index (χ4v) is 2.81. The van der Waals surface area contributed by atoms with E-state index in [-0.39, 0.29) is 5.91 Å². The van der Waals surface area contributed by atoms with E-state index >= 15 is 0 Å². The van der Waals surface area contributed by atoms with E-state index in [1.165, 1.54) is 5.56 Å². The molecule has 0 radical (unpaired) electrons. The fraction of sp³-hybridized carbons (Fsp3) is 0.300. The van der Waals surface area contributed by atoms with Crippen LogP contribution in [0.3, 0.4) is 0 Å². The first-order valence-corrected chi connectivity index (χ1v) is 8.85. The lowest BCUT2D eigenvalue weighted by molar-refractivity contribution is -0.130. The zero-order valence-electron chi connectivity index (χ0n) is 13.8. The first-order valence-electron chi connectivity index (χ1n) is 8.06. The third-order valence-electron chi connectivity index (χ3n) is 3.92. The number of carbonyl (C=O) groups excluding carboxylic acids is 1. The Balaban J connectivity index is 1.73. The van der Waals surface area contributed by atoms with Crippen molar-refractivity contribution in [2.75, 3.05) is 7.05 Å². The zero-order chi connectivity index (χ0) is 17.4. The van der Waals surface area contributed by atoms with Crippen LogP contribution in [0.5, 0.6) is 0 Å². The highest BCUT2D eigenvalue weighted by Gasteiger charge is 2.09. The van der Waals surface area contributed by atoms with Gasteiger partial charge in [-0.25, -0.2) is 0 Å². The summed E-state index contributed by atoms with van der Waals surface area (Å²) in [7, 11) is 1.82. The lowest BCUT2D eigenvalue weighted by Crippen LogP contribution is -2.25. The van der Waals surface area contributed by atoms with Crippen LogP contribution in [0.15, 0.2) is 53.0 Å². The molecule has 0 saturated carbocycles. The Hall–Kier alpha value is -2.12. The number of halogens is 1. The Morgan fingerprint density at radius 1 is 1.12 bits per heavy atom. The number of hydrogen-bond acceptors (Lipinski definition) is 2. The summed E-state index contributed by atoms with van der Waals surface area (Å²) in [5.74, 6) is 0.146. The molecule has 0 aliphatic rings. The number of hydrogen-bond donors (Lipinski definition) is 0. The van der Waals surface area contributed by atoms with E-state index in [9.17, 15) is 4.79 Å². The van der Waals surface area contributed by atoms with Crippen molar-refractivity contribution in [2.24, 2.45) is 0 Å². The van der Waals surface area contributed by atoms with Gasteiger partial charge in [-0.3, -0.25) is 4.79 Å². The molecule has 2 aromatic rings. The molecule has 3 nitrogen and oxygen atoms in total. The highest BCUT2D eigenvalue weighted by Crippen LogP contribution is 2.14. The van der Waals surface area contributed by atoms with Crippen molar-refractivity contribution in [2.45, 2.75) is 32.2 Å². The number of unbranched alkanes of at least 4 members (excludes halogenated alkanes) is 1. The number of carbonyl (C=O) groups is 1. The summed E-state index contributed by atoms with van der Waals surface area (Å²) < 4.78 is 1.09. The maximum atomic E-state index is 12.2. The average Bonchev–Trinajstić information content (AvgIpc) is 2.60. The van der Waals surface area contributed by atoms with Crippen LogP contribution >= 0.6 is 15.9 Å². The van der Waals surface area contributed by atoms with Gasteiger partial charge in [-0.2, -0.15) is 5.26 Å². The van der Waals surface area contributed by atoms with Gasteiger partial charge in [0.2, 0.25) is 5.91 Å². The van der Waals surface area contributed by atoms with Crippen molar-refractivity contribution in [3.05, 3.63) is 69.7 Å². The van der Waals surface area contributed by atoms with Crippen LogP contribution in [0, 0.1) is 11.3 Å². The number of rotatable bonds is 7. The van der Waals surface area contributed by atoms with Crippen LogP contribution in [0.4, 0.5) is 0 Å². The van der Waals surface area contributed by atoms with Crippen molar-refractivity contribution in [3.8, 4) is 6.07 Å². The van der Waals surface area contributed by atoms with Gasteiger partial charge >= 0.3 is 0 Å². The third kappa shape index (κ3) is 5.82. The lowest BCUT2D eigenvalue weighted by atomic mass is 10.1. The topological polar surface area (TPSA) is 44.1 Å². The van der Waals surface area contributed by atoms with Crippen molar-refractivity contribution in [1.29, 1.82) is 5.26 Å². The molecule has 0 fully saturated rings. The van der Waals surface area contributed by atoms with Crippen LogP contribution in [-0.4, -0.2) is 17.9 Å². The molecule has 1 amide bonds. The third-order valence-corrected chi connectivity index (χ3v) is 4.45. The maximum Gasteiger partial charge on any atom is 0.222 e. The zero-order valence-corrected chi connectivity index (χ0v) is 15.4. The van der Waals surface area contributed by atoms with E-state index in [2.05, 4.69) is 34.1 Å². The van der Waals surface area contributed by atoms with Crippen LogP contribution in [-0.2, 0) is 17.8 Å². The predicted octanol–water partition coefficient (Wildman–Crippen LogP) is 4.69. The molecular weight excluding hydrogens is 364 g/mol. The second kappa shape index (κ2) is 9.24. The number of amides is 1. The van der Waals surface area contributed by atoms with E-state index in [4.69, 9.17) is 5.26 Å². The van der Waals surface area contributed by atoms with Gasteiger partial charge in [-0.1, -0.05) is 40.2 Å². The van der Waals surface area contributed by atoms with Gasteiger partial charge in [0, 0.05) is 24.5 Å². The molecule has 0 bridgehead atoms. The summed E-state index contributed by atoms with van der Waals surface area (Å²) in [4.78, 5) is 13.9. The SMILES string of the molecule is CN(Cc1cccc(C#N)c1)C(=O)CCCCc1ccc(Br)cc1. The second-order valence-corrected chi connectivity index (χ2v) is 6.81. The Morgan fingerprint density at radius 3 is 2.58 bits per heavy atom. The van der Waals surface area contributed by atoms with Crippen LogP contribution < -0.4 is 0 Å². The van der Waals surface area contributed by atoms with E-state index in [1.54, 1.807) is 11.0 Å². The molecule has 0 saturated heterocycles. The van der Waals surface area contributed by atoms with Gasteiger partial charge in [-0.15, -0.1) is 0 Å². The molecule has 2 aromatic carbocycles. The predicted molar refractivity (Wildman–Crippen MR) is 99.3 cm³/mol. The van der Waals surface area contributed by atoms with Gasteiger partial charge in [0.15, 0.2) is 0 Å². The van der Waals surface area contributed by atoms with E-state index < -0.39 is 0 Å². The largest absolute Gasteiger partial charge is 0.341 e. The molecule has 0 unspecified atom stereocenters. The molecule has 0 aliphatic carbocycles. The molecule has 4 heteroatoms. The number of aryl methyl sites for hydroxylation is 1. The number of nitriles is 1. The van der Waals surface area contributed by atoms with E-state index in [0.29, 0.717) is 18.5 Å². The minimum absolute atomic E-state index is 0.146. The van der Waals surface area contributed by atoms with Crippen molar-refractivity contribution in [1.82, 2.24) is 4.90 Å². The monoisotopic (exact) mass is 384 g/mol. The molecule has 24 heavy (non-hydrogen) atoms. The second-order valence-electron chi connectivity index (χ2n) is 5.90. The molecule has 124 valence electrons. The summed E-state index contributed by atoms with van der Waals surface area (Å²) >= 11 is 3.43. The first kappa shape index (κ1) is 18.2. The number of nitrogens with zero attached hydrogens (tertiary/aromatic N) is 2. The van der Waals surface area contributed by atoms with Crippen molar-refractivity contribution < 1.29 is 4.79 Å². The molecular formula is C20H21BrN2O. The van der Waals surface area contributed by atoms with Crippen LogP contribution in [0.25, 0.3) is 0 Å². The summed E-state index contributed by atoms with van der Waals surface area (Å²) in [5.41, 5.74) is 2.91.